The highest BCUT2D eigenvalue weighted by Crippen LogP contribution is 2.36. The van der Waals surface area contributed by atoms with E-state index in [0.29, 0.717) is 0 Å². The highest BCUT2D eigenvalue weighted by Gasteiger charge is 2.30. The molecule has 0 spiro atoms. The second-order valence-corrected chi connectivity index (χ2v) is 5.92. The third-order valence-corrected chi connectivity index (χ3v) is 4.42. The van der Waals surface area contributed by atoms with Crippen molar-refractivity contribution in [3.05, 3.63) is 84.7 Å². The number of fused-ring (bicyclic) bond motifs is 1. The molecule has 0 aliphatic heterocycles. The highest BCUT2D eigenvalue weighted by molar-refractivity contribution is 5.84. The Labute approximate surface area is 139 Å². The van der Waals surface area contributed by atoms with Gasteiger partial charge in [0.05, 0.1) is 6.04 Å². The number of nitrogens with one attached hydrogen (secondary N) is 2. The molecular formula is C20H18FN3. The molecule has 4 rings (SSSR count). The van der Waals surface area contributed by atoms with E-state index in [1.807, 2.05) is 54.7 Å². The molecule has 3 unspecified atom stereocenters. The van der Waals surface area contributed by atoms with Crippen molar-refractivity contribution < 1.29 is 4.39 Å². The molecule has 0 fully saturated rings. The molecule has 0 bridgehead atoms. The highest BCUT2D eigenvalue weighted by atomic mass is 19.1. The Kier molecular flexibility index (Phi) is 3.87. The van der Waals surface area contributed by atoms with Crippen molar-refractivity contribution in [3.8, 4) is 0 Å². The number of para-hydroxylation sites is 1. The molecule has 3 aromatic rings. The van der Waals surface area contributed by atoms with Gasteiger partial charge in [-0.25, -0.2) is 9.37 Å². The summed E-state index contributed by atoms with van der Waals surface area (Å²) in [6.07, 6.45) is 9.85. The molecule has 0 radical (unpaired) electrons. The maximum absolute atomic E-state index is 14.6. The Bertz CT molecular complexity index is 882. The van der Waals surface area contributed by atoms with E-state index in [9.17, 15) is 4.39 Å². The minimum absolute atomic E-state index is 0.216. The Morgan fingerprint density at radius 1 is 1.04 bits per heavy atom. The third-order valence-electron chi connectivity index (χ3n) is 4.42. The van der Waals surface area contributed by atoms with Gasteiger partial charge in [-0.2, -0.15) is 0 Å². The molecule has 2 N–H and O–H groups in total. The van der Waals surface area contributed by atoms with Gasteiger partial charge in [-0.05, 0) is 18.2 Å². The van der Waals surface area contributed by atoms with Crippen LogP contribution in [0.4, 0.5) is 10.2 Å². The van der Waals surface area contributed by atoms with Crippen LogP contribution in [0.2, 0.25) is 0 Å². The molecule has 3 nitrogen and oxygen atoms in total. The lowest BCUT2D eigenvalue weighted by Gasteiger charge is -2.29. The summed E-state index contributed by atoms with van der Waals surface area (Å²) in [4.78, 5) is 7.63. The number of aromatic nitrogens is 2. The predicted molar refractivity (Wildman–Crippen MR) is 95.6 cm³/mol. The van der Waals surface area contributed by atoms with Gasteiger partial charge in [-0.15, -0.1) is 0 Å². The summed E-state index contributed by atoms with van der Waals surface area (Å²) < 4.78 is 14.6. The van der Waals surface area contributed by atoms with Gasteiger partial charge < -0.3 is 10.3 Å². The number of rotatable bonds is 4. The van der Waals surface area contributed by atoms with Crippen LogP contribution in [-0.4, -0.2) is 16.1 Å². The van der Waals surface area contributed by atoms with Crippen LogP contribution in [0.3, 0.4) is 0 Å². The Hall–Kier alpha value is -2.88. The van der Waals surface area contributed by atoms with E-state index in [2.05, 4.69) is 21.4 Å². The normalized spacial score (nSPS) is 21.0. The van der Waals surface area contributed by atoms with Crippen molar-refractivity contribution >= 4 is 16.7 Å². The van der Waals surface area contributed by atoms with Crippen molar-refractivity contribution in [2.24, 2.45) is 5.92 Å². The van der Waals surface area contributed by atoms with Gasteiger partial charge in [0.15, 0.2) is 0 Å². The van der Waals surface area contributed by atoms with Crippen LogP contribution in [0, 0.1) is 5.92 Å². The predicted octanol–water partition coefficient (Wildman–Crippen LogP) is 4.80. The number of H-pyrrole nitrogens is 1. The Morgan fingerprint density at radius 3 is 2.71 bits per heavy atom. The zero-order chi connectivity index (χ0) is 16.4. The number of anilines is 1. The largest absolute Gasteiger partial charge is 0.362 e. The minimum atomic E-state index is -1.04. The first-order valence-corrected chi connectivity index (χ1v) is 8.05. The monoisotopic (exact) mass is 319 g/mol. The second-order valence-electron chi connectivity index (χ2n) is 5.92. The average Bonchev–Trinajstić information content (AvgIpc) is 3.05. The number of nitrogens with zero attached hydrogens (tertiary/aromatic N) is 1. The maximum atomic E-state index is 14.6. The summed E-state index contributed by atoms with van der Waals surface area (Å²) in [6, 6.07) is 13.6. The molecule has 2 aromatic heterocycles. The van der Waals surface area contributed by atoms with Crippen molar-refractivity contribution in [1.82, 2.24) is 9.97 Å². The number of allylic oxidation sites excluding steroid dienone is 3. The van der Waals surface area contributed by atoms with Gasteiger partial charge in [0, 0.05) is 34.8 Å². The summed E-state index contributed by atoms with van der Waals surface area (Å²) in [7, 11) is 0. The number of hydrogen-bond acceptors (Lipinski definition) is 2. The lowest BCUT2D eigenvalue weighted by molar-refractivity contribution is 0.295. The Morgan fingerprint density at radius 2 is 1.88 bits per heavy atom. The summed E-state index contributed by atoms with van der Waals surface area (Å²) in [5.74, 6) is 0.444. The molecule has 0 amide bonds. The van der Waals surface area contributed by atoms with Gasteiger partial charge in [0.2, 0.25) is 0 Å². The van der Waals surface area contributed by atoms with E-state index in [0.717, 1.165) is 22.3 Å². The van der Waals surface area contributed by atoms with Gasteiger partial charge in [-0.3, -0.25) is 0 Å². The fraction of sp³-hybridized carbons (Fsp3) is 0.150. The quantitative estimate of drug-likeness (QED) is 0.725. The second kappa shape index (κ2) is 6.32. The van der Waals surface area contributed by atoms with Gasteiger partial charge in [-0.1, -0.05) is 48.6 Å². The molecule has 0 saturated heterocycles. The van der Waals surface area contributed by atoms with Crippen molar-refractivity contribution in [2.75, 3.05) is 5.32 Å². The summed E-state index contributed by atoms with van der Waals surface area (Å²) >= 11 is 0. The number of halogens is 1. The van der Waals surface area contributed by atoms with Crippen LogP contribution in [0.5, 0.6) is 0 Å². The number of benzene rings is 1. The van der Waals surface area contributed by atoms with E-state index in [-0.39, 0.29) is 12.0 Å². The average molecular weight is 319 g/mol. The molecule has 3 atom stereocenters. The smallest absolute Gasteiger partial charge is 0.127 e. The fourth-order valence-corrected chi connectivity index (χ4v) is 3.23. The number of hydrogen-bond donors (Lipinski definition) is 2. The van der Waals surface area contributed by atoms with Gasteiger partial charge >= 0.3 is 0 Å². The van der Waals surface area contributed by atoms with Crippen LogP contribution in [0.15, 0.2) is 79.2 Å². The molecular weight excluding hydrogens is 301 g/mol. The van der Waals surface area contributed by atoms with Crippen LogP contribution in [-0.2, 0) is 0 Å². The molecule has 4 heteroatoms. The molecule has 1 aliphatic carbocycles. The number of aromatic amines is 1. The van der Waals surface area contributed by atoms with Gasteiger partial charge in [0.25, 0.3) is 0 Å². The zero-order valence-corrected chi connectivity index (χ0v) is 13.1. The summed E-state index contributed by atoms with van der Waals surface area (Å²) in [5, 5.41) is 4.52. The molecule has 0 saturated carbocycles. The minimum Gasteiger partial charge on any atom is -0.362 e. The SMILES string of the molecule is FC1C=CC=CC1C(Nc1ccccn1)c1c[nH]c2ccccc12. The van der Waals surface area contributed by atoms with E-state index < -0.39 is 6.17 Å². The van der Waals surface area contributed by atoms with Crippen molar-refractivity contribution in [2.45, 2.75) is 12.2 Å². The first-order chi connectivity index (χ1) is 11.8. The molecule has 1 aliphatic rings. The number of pyridine rings is 1. The molecule has 1 aromatic carbocycles. The van der Waals surface area contributed by atoms with Crippen LogP contribution >= 0.6 is 0 Å². The van der Waals surface area contributed by atoms with Crippen LogP contribution in [0.1, 0.15) is 11.6 Å². The number of alkyl halides is 1. The van der Waals surface area contributed by atoms with Crippen molar-refractivity contribution in [1.29, 1.82) is 0 Å². The van der Waals surface area contributed by atoms with Gasteiger partial charge in [0.1, 0.15) is 12.0 Å². The first-order valence-electron chi connectivity index (χ1n) is 8.05. The molecule has 120 valence electrons. The lowest BCUT2D eigenvalue weighted by atomic mass is 9.86. The molecule has 2 heterocycles. The Balaban J connectivity index is 1.78. The first kappa shape index (κ1) is 14.7. The molecule has 24 heavy (non-hydrogen) atoms. The van der Waals surface area contributed by atoms with E-state index in [1.165, 1.54) is 0 Å². The maximum Gasteiger partial charge on any atom is 0.127 e. The topological polar surface area (TPSA) is 40.7 Å². The van der Waals surface area contributed by atoms with E-state index >= 15 is 0 Å². The van der Waals surface area contributed by atoms with Crippen LogP contribution < -0.4 is 5.32 Å². The van der Waals surface area contributed by atoms with E-state index in [1.54, 1.807) is 18.3 Å². The summed E-state index contributed by atoms with van der Waals surface area (Å²) in [5.41, 5.74) is 2.09. The van der Waals surface area contributed by atoms with Crippen molar-refractivity contribution in [3.63, 3.8) is 0 Å². The fourth-order valence-electron chi connectivity index (χ4n) is 3.23. The third kappa shape index (κ3) is 2.71. The standard InChI is InChI=1S/C20H18FN3/c21-17-9-3-1-8-15(17)20(24-19-11-5-6-12-22-19)16-13-23-18-10-4-2-7-14(16)18/h1-13,15,17,20,23H,(H,22,24). The lowest BCUT2D eigenvalue weighted by Crippen LogP contribution is -2.27. The summed E-state index contributed by atoms with van der Waals surface area (Å²) in [6.45, 7) is 0. The van der Waals surface area contributed by atoms with Crippen LogP contribution in [0.25, 0.3) is 10.9 Å². The zero-order valence-electron chi connectivity index (χ0n) is 13.1. The van der Waals surface area contributed by atoms with E-state index in [4.69, 9.17) is 0 Å².